The number of aromatic nitrogens is 1. The number of benzene rings is 1. The molecule has 2 aromatic rings. The number of hydrazone groups is 1. The van der Waals surface area contributed by atoms with E-state index in [1.807, 2.05) is 18.2 Å². The molecular formula is C11H9N3O2S. The standard InChI is InChI=1S/C11H9N3O2S/c1-16-6-2-3-7-9(4-6)17-11(12-7)8-5-10(15)14-13-8/h2-4H,5H2,1H3,(H,14,15). The van der Waals surface area contributed by atoms with Gasteiger partial charge in [-0.1, -0.05) is 0 Å². The van der Waals surface area contributed by atoms with Crippen LogP contribution in [0.3, 0.4) is 0 Å². The molecule has 1 N–H and O–H groups in total. The van der Waals surface area contributed by atoms with E-state index in [0.29, 0.717) is 12.1 Å². The molecule has 0 aliphatic carbocycles. The van der Waals surface area contributed by atoms with Gasteiger partial charge in [0.05, 0.1) is 23.7 Å². The van der Waals surface area contributed by atoms with Gasteiger partial charge in [-0.25, -0.2) is 10.4 Å². The molecule has 1 aliphatic rings. The number of nitrogens with one attached hydrogen (secondary N) is 1. The quantitative estimate of drug-likeness (QED) is 0.875. The number of carbonyl (C=O) groups is 1. The third-order valence-electron chi connectivity index (χ3n) is 2.49. The fourth-order valence-electron chi connectivity index (χ4n) is 1.64. The summed E-state index contributed by atoms with van der Waals surface area (Å²) in [7, 11) is 1.63. The normalized spacial score (nSPS) is 14.9. The number of methoxy groups -OCH3 is 1. The second-order valence-electron chi connectivity index (χ2n) is 3.62. The Labute approximate surface area is 101 Å². The first kappa shape index (κ1) is 10.2. The van der Waals surface area contributed by atoms with Crippen molar-refractivity contribution in [3.05, 3.63) is 23.2 Å². The molecule has 0 saturated heterocycles. The van der Waals surface area contributed by atoms with Crippen LogP contribution in [0.15, 0.2) is 23.3 Å². The fraction of sp³-hybridized carbons (Fsp3) is 0.182. The lowest BCUT2D eigenvalue weighted by Gasteiger charge is -1.96. The van der Waals surface area contributed by atoms with E-state index in [0.717, 1.165) is 21.0 Å². The predicted octanol–water partition coefficient (Wildman–Crippen LogP) is 1.53. The van der Waals surface area contributed by atoms with Crippen molar-refractivity contribution < 1.29 is 9.53 Å². The van der Waals surface area contributed by atoms with E-state index < -0.39 is 0 Å². The Morgan fingerprint density at radius 3 is 3.06 bits per heavy atom. The van der Waals surface area contributed by atoms with Crippen molar-refractivity contribution in [3.8, 4) is 5.75 Å². The number of thiazole rings is 1. The minimum Gasteiger partial charge on any atom is -0.497 e. The molecule has 6 heteroatoms. The summed E-state index contributed by atoms with van der Waals surface area (Å²) in [5, 5.41) is 4.74. The van der Waals surface area contributed by atoms with Gasteiger partial charge in [-0.3, -0.25) is 4.79 Å². The first-order valence-electron chi connectivity index (χ1n) is 5.06. The van der Waals surface area contributed by atoms with Gasteiger partial charge in [0.2, 0.25) is 5.91 Å². The summed E-state index contributed by atoms with van der Waals surface area (Å²) >= 11 is 1.51. The van der Waals surface area contributed by atoms with Gasteiger partial charge >= 0.3 is 0 Å². The average molecular weight is 247 g/mol. The predicted molar refractivity (Wildman–Crippen MR) is 65.5 cm³/mol. The van der Waals surface area contributed by atoms with E-state index in [1.165, 1.54) is 11.3 Å². The summed E-state index contributed by atoms with van der Waals surface area (Å²) < 4.78 is 6.19. The summed E-state index contributed by atoms with van der Waals surface area (Å²) in [6, 6.07) is 5.70. The van der Waals surface area contributed by atoms with E-state index in [9.17, 15) is 4.79 Å². The van der Waals surface area contributed by atoms with Crippen molar-refractivity contribution in [1.82, 2.24) is 10.4 Å². The largest absolute Gasteiger partial charge is 0.497 e. The first-order valence-corrected chi connectivity index (χ1v) is 5.88. The Morgan fingerprint density at radius 2 is 2.35 bits per heavy atom. The molecule has 0 saturated carbocycles. The van der Waals surface area contributed by atoms with Crippen molar-refractivity contribution in [1.29, 1.82) is 0 Å². The van der Waals surface area contributed by atoms with Crippen LogP contribution in [0.5, 0.6) is 5.75 Å². The van der Waals surface area contributed by atoms with E-state index in [1.54, 1.807) is 7.11 Å². The highest BCUT2D eigenvalue weighted by atomic mass is 32.1. The summed E-state index contributed by atoms with van der Waals surface area (Å²) in [6.07, 6.45) is 0.303. The smallest absolute Gasteiger partial charge is 0.246 e. The van der Waals surface area contributed by atoms with Crippen molar-refractivity contribution in [2.45, 2.75) is 6.42 Å². The lowest BCUT2D eigenvalue weighted by Crippen LogP contribution is -2.09. The Kier molecular flexibility index (Phi) is 2.29. The molecule has 0 radical (unpaired) electrons. The Morgan fingerprint density at radius 1 is 1.47 bits per heavy atom. The highest BCUT2D eigenvalue weighted by molar-refractivity contribution is 7.20. The van der Waals surface area contributed by atoms with Gasteiger partial charge in [0, 0.05) is 0 Å². The molecule has 0 bridgehead atoms. The lowest BCUT2D eigenvalue weighted by molar-refractivity contribution is -0.119. The minimum atomic E-state index is -0.0863. The Hall–Kier alpha value is -1.95. The fourth-order valence-corrected chi connectivity index (χ4v) is 2.62. The zero-order chi connectivity index (χ0) is 11.8. The van der Waals surface area contributed by atoms with Gasteiger partial charge in [-0.05, 0) is 18.2 Å². The van der Waals surface area contributed by atoms with Gasteiger partial charge in [0.15, 0.2) is 0 Å². The molecule has 1 aromatic heterocycles. The van der Waals surface area contributed by atoms with Crippen molar-refractivity contribution in [3.63, 3.8) is 0 Å². The molecule has 1 aliphatic heterocycles. The number of nitrogens with zero attached hydrogens (tertiary/aromatic N) is 2. The summed E-state index contributed by atoms with van der Waals surface area (Å²) in [5.74, 6) is 0.715. The molecule has 1 aromatic carbocycles. The molecule has 2 heterocycles. The number of amides is 1. The molecule has 0 fully saturated rings. The maximum atomic E-state index is 11.1. The summed E-state index contributed by atoms with van der Waals surface area (Å²) in [6.45, 7) is 0. The maximum Gasteiger partial charge on any atom is 0.246 e. The molecular weight excluding hydrogens is 238 g/mol. The topological polar surface area (TPSA) is 63.6 Å². The number of fused-ring (bicyclic) bond motifs is 1. The zero-order valence-electron chi connectivity index (χ0n) is 9.06. The van der Waals surface area contributed by atoms with Crippen LogP contribution in [0, 0.1) is 0 Å². The van der Waals surface area contributed by atoms with Crippen LogP contribution < -0.4 is 10.2 Å². The molecule has 1 amide bonds. The monoisotopic (exact) mass is 247 g/mol. The van der Waals surface area contributed by atoms with Crippen LogP contribution in [-0.2, 0) is 4.79 Å². The Bertz CT molecular complexity index is 633. The lowest BCUT2D eigenvalue weighted by atomic mass is 10.3. The van der Waals surface area contributed by atoms with Gasteiger partial charge in [-0.15, -0.1) is 11.3 Å². The third-order valence-corrected chi connectivity index (χ3v) is 3.55. The van der Waals surface area contributed by atoms with Crippen molar-refractivity contribution in [2.75, 3.05) is 7.11 Å². The van der Waals surface area contributed by atoms with E-state index >= 15 is 0 Å². The first-order chi connectivity index (χ1) is 8.26. The van der Waals surface area contributed by atoms with Crippen LogP contribution in [-0.4, -0.2) is 23.7 Å². The Balaban J connectivity index is 2.04. The highest BCUT2D eigenvalue weighted by Crippen LogP contribution is 2.27. The zero-order valence-corrected chi connectivity index (χ0v) is 9.87. The molecule has 3 rings (SSSR count). The number of ether oxygens (including phenoxy) is 1. The second-order valence-corrected chi connectivity index (χ2v) is 4.65. The third kappa shape index (κ3) is 1.76. The van der Waals surface area contributed by atoms with Gasteiger partial charge in [0.25, 0.3) is 0 Å². The number of carbonyl (C=O) groups excluding carboxylic acids is 1. The second kappa shape index (κ2) is 3.81. The minimum absolute atomic E-state index is 0.0863. The van der Waals surface area contributed by atoms with Crippen LogP contribution in [0.1, 0.15) is 11.4 Å². The van der Waals surface area contributed by atoms with Gasteiger partial charge in [0.1, 0.15) is 16.5 Å². The van der Waals surface area contributed by atoms with Gasteiger partial charge in [-0.2, -0.15) is 5.10 Å². The van der Waals surface area contributed by atoms with E-state index in [4.69, 9.17) is 4.74 Å². The SMILES string of the molecule is COc1ccc2nc(C3=NNC(=O)C3)sc2c1. The number of hydrogen-bond donors (Lipinski definition) is 1. The molecule has 0 atom stereocenters. The average Bonchev–Trinajstić information content (AvgIpc) is 2.93. The molecule has 0 unspecified atom stereocenters. The van der Waals surface area contributed by atoms with Crippen LogP contribution >= 0.6 is 11.3 Å². The number of hydrogen-bond acceptors (Lipinski definition) is 5. The highest BCUT2D eigenvalue weighted by Gasteiger charge is 2.19. The molecule has 86 valence electrons. The molecule has 0 spiro atoms. The van der Waals surface area contributed by atoms with E-state index in [-0.39, 0.29) is 5.91 Å². The molecule has 17 heavy (non-hydrogen) atoms. The summed E-state index contributed by atoms with van der Waals surface area (Å²) in [4.78, 5) is 15.5. The van der Waals surface area contributed by atoms with Gasteiger partial charge < -0.3 is 4.74 Å². The molecule has 5 nitrogen and oxygen atoms in total. The van der Waals surface area contributed by atoms with Crippen LogP contribution in [0.4, 0.5) is 0 Å². The van der Waals surface area contributed by atoms with Crippen molar-refractivity contribution >= 4 is 33.2 Å². The van der Waals surface area contributed by atoms with Crippen LogP contribution in [0.2, 0.25) is 0 Å². The summed E-state index contributed by atoms with van der Waals surface area (Å²) in [5.41, 5.74) is 4.03. The number of rotatable bonds is 2. The van der Waals surface area contributed by atoms with Crippen LogP contribution in [0.25, 0.3) is 10.2 Å². The van der Waals surface area contributed by atoms with E-state index in [2.05, 4.69) is 15.5 Å². The van der Waals surface area contributed by atoms with Crippen molar-refractivity contribution in [2.24, 2.45) is 5.10 Å². The maximum absolute atomic E-state index is 11.1.